The normalized spacial score (nSPS) is 12.9. The van der Waals surface area contributed by atoms with E-state index in [1.165, 1.54) is 0 Å². The molecule has 0 spiro atoms. The molecular weight excluding hydrogens is 296 g/mol. The molecule has 0 N–H and O–H groups in total. The summed E-state index contributed by atoms with van der Waals surface area (Å²) in [7, 11) is 0.660. The molecule has 7 heteroatoms. The minimum atomic E-state index is -1.72. The lowest BCUT2D eigenvalue weighted by Crippen LogP contribution is -2.49. The van der Waals surface area contributed by atoms with E-state index in [0.717, 1.165) is 12.3 Å². The maximum atomic E-state index is 6.67. The third-order valence-electron chi connectivity index (χ3n) is 3.33. The lowest BCUT2D eigenvalue weighted by molar-refractivity contribution is -0.671. The van der Waals surface area contributed by atoms with Crippen molar-refractivity contribution < 1.29 is 13.2 Å². The molecule has 0 bridgehead atoms. The molecule has 0 aromatic carbocycles. The van der Waals surface area contributed by atoms with Gasteiger partial charge in [0.25, 0.3) is 0 Å². The fourth-order valence-corrected chi connectivity index (χ4v) is 11.5. The zero-order valence-corrected chi connectivity index (χ0v) is 16.1. The van der Waals surface area contributed by atoms with Crippen LogP contribution in [0.2, 0.25) is 26.2 Å². The number of nitrogens with zero attached hydrogens (tertiary/aromatic N) is 4. The molecule has 2 heterocycles. The first-order chi connectivity index (χ1) is 9.65. The second kappa shape index (κ2) is 5.90. The molecule has 5 nitrogen and oxygen atoms in total. The molecule has 0 aliphatic rings. The highest BCUT2D eigenvalue weighted by atomic mass is 28.4. The maximum Gasteiger partial charge on any atom is 0.243 e. The van der Waals surface area contributed by atoms with Crippen LogP contribution in [0.1, 0.15) is 0 Å². The average Bonchev–Trinajstić information content (AvgIpc) is 2.85. The summed E-state index contributed by atoms with van der Waals surface area (Å²) >= 11 is 0. The van der Waals surface area contributed by atoms with Crippen LogP contribution in [0.5, 0.6) is 0 Å². The Kier molecular flexibility index (Phi) is 4.55. The smallest absolute Gasteiger partial charge is 0.243 e. The van der Waals surface area contributed by atoms with Gasteiger partial charge >= 0.3 is 0 Å². The van der Waals surface area contributed by atoms with E-state index in [2.05, 4.69) is 96.0 Å². The van der Waals surface area contributed by atoms with Gasteiger partial charge in [0, 0.05) is 0 Å². The van der Waals surface area contributed by atoms with Gasteiger partial charge in [0.2, 0.25) is 29.3 Å². The zero-order chi connectivity index (χ0) is 15.7. The van der Waals surface area contributed by atoms with Crippen molar-refractivity contribution in [1.29, 1.82) is 0 Å². The van der Waals surface area contributed by atoms with Crippen molar-refractivity contribution >= 4 is 16.6 Å². The molecule has 21 heavy (non-hydrogen) atoms. The summed E-state index contributed by atoms with van der Waals surface area (Å²) in [5.74, 6) is 0. The minimum absolute atomic E-state index is 1.00. The van der Waals surface area contributed by atoms with E-state index in [4.69, 9.17) is 4.12 Å². The molecule has 0 fully saturated rings. The number of rotatable bonds is 6. The summed E-state index contributed by atoms with van der Waals surface area (Å²) in [5, 5.41) is 0. The lowest BCUT2D eigenvalue weighted by atomic mass is 10.9. The highest BCUT2D eigenvalue weighted by molar-refractivity contribution is 6.83. The van der Waals surface area contributed by atoms with Crippen LogP contribution in [0.3, 0.4) is 0 Å². The Bertz CT molecular complexity index is 551. The van der Waals surface area contributed by atoms with E-state index in [1.807, 2.05) is 0 Å². The Labute approximate surface area is 129 Å². The molecule has 116 valence electrons. The monoisotopic (exact) mass is 324 g/mol. The van der Waals surface area contributed by atoms with Crippen LogP contribution in [0.25, 0.3) is 0 Å². The van der Waals surface area contributed by atoms with E-state index in [-0.39, 0.29) is 0 Å². The third-order valence-corrected chi connectivity index (χ3v) is 10.0. The van der Waals surface area contributed by atoms with E-state index in [1.54, 1.807) is 0 Å². The molecule has 0 saturated heterocycles. The van der Waals surface area contributed by atoms with Crippen molar-refractivity contribution in [1.82, 2.24) is 9.13 Å². The second-order valence-corrected chi connectivity index (χ2v) is 15.6. The summed E-state index contributed by atoms with van der Waals surface area (Å²) < 4.78 is 15.3. The molecule has 2 rings (SSSR count). The molecule has 0 saturated carbocycles. The summed E-state index contributed by atoms with van der Waals surface area (Å²) in [6.07, 6.45) is 14.7. The van der Waals surface area contributed by atoms with Crippen molar-refractivity contribution in [3.8, 4) is 0 Å². The molecular formula is C14H28N4OSi2+2. The Morgan fingerprint density at radius 2 is 1.19 bits per heavy atom. The molecule has 2 aromatic rings. The molecule has 0 aliphatic carbocycles. The molecule has 2 aromatic heterocycles. The first kappa shape index (κ1) is 16.2. The van der Waals surface area contributed by atoms with Crippen LogP contribution < -0.4 is 9.13 Å². The zero-order valence-electron chi connectivity index (χ0n) is 14.1. The lowest BCUT2D eigenvalue weighted by Gasteiger charge is -2.31. The van der Waals surface area contributed by atoms with Gasteiger partial charge in [-0.3, -0.25) is 0 Å². The summed E-state index contributed by atoms with van der Waals surface area (Å²) in [5.41, 5.74) is 0. The number of aryl methyl sites for hydroxylation is 2. The van der Waals surface area contributed by atoms with Crippen molar-refractivity contribution in [2.45, 2.75) is 38.5 Å². The Morgan fingerprint density at radius 3 is 1.48 bits per heavy atom. The Morgan fingerprint density at radius 1 is 0.810 bits per heavy atom. The van der Waals surface area contributed by atoms with E-state index < -0.39 is 16.6 Å². The number of imidazole rings is 2. The van der Waals surface area contributed by atoms with Gasteiger partial charge in [-0.25, -0.2) is 18.3 Å². The van der Waals surface area contributed by atoms with Gasteiger partial charge in [0.1, 0.15) is 37.1 Å². The van der Waals surface area contributed by atoms with Crippen molar-refractivity contribution in [3.05, 3.63) is 37.4 Å². The summed E-state index contributed by atoms with van der Waals surface area (Å²) in [6, 6.07) is 0. The van der Waals surface area contributed by atoms with Crippen molar-refractivity contribution in [2.24, 2.45) is 14.1 Å². The van der Waals surface area contributed by atoms with Gasteiger partial charge in [0.05, 0.1) is 14.1 Å². The predicted molar refractivity (Wildman–Crippen MR) is 87.3 cm³/mol. The van der Waals surface area contributed by atoms with Gasteiger partial charge < -0.3 is 4.12 Å². The van der Waals surface area contributed by atoms with Gasteiger partial charge in [-0.1, -0.05) is 0 Å². The Hall–Kier alpha value is -1.19. The topological polar surface area (TPSA) is 26.8 Å². The fourth-order valence-electron chi connectivity index (χ4n) is 2.88. The molecule has 0 aliphatic heterocycles. The molecule has 0 radical (unpaired) electrons. The fraction of sp³-hybridized carbons (Fsp3) is 0.571. The average molecular weight is 325 g/mol. The van der Waals surface area contributed by atoms with E-state index >= 15 is 0 Å². The van der Waals surface area contributed by atoms with Crippen molar-refractivity contribution in [3.63, 3.8) is 0 Å². The predicted octanol–water partition coefficient (Wildman–Crippen LogP) is 1.14. The van der Waals surface area contributed by atoms with Gasteiger partial charge in [-0.05, 0) is 26.2 Å². The van der Waals surface area contributed by atoms with Gasteiger partial charge in [0.15, 0.2) is 0 Å². The standard InChI is InChI=1S/C14H28N4OSi2/c1-15-7-9-17(11-15)13-20(3,4)19-21(5,6)14-18-10-8-16(2)12-18/h7-12H,13-14H2,1-6H3/q+2. The van der Waals surface area contributed by atoms with Gasteiger partial charge in [-0.15, -0.1) is 0 Å². The van der Waals surface area contributed by atoms with Crippen LogP contribution >= 0.6 is 0 Å². The van der Waals surface area contributed by atoms with Gasteiger partial charge in [-0.2, -0.15) is 0 Å². The van der Waals surface area contributed by atoms with Crippen molar-refractivity contribution in [2.75, 3.05) is 0 Å². The molecule has 0 atom stereocenters. The number of hydrogen-bond donors (Lipinski definition) is 0. The SMILES string of the molecule is C[n+]1ccn(C[Si](C)(C)O[Si](C)(C)Cn2cc[n+](C)c2)c1. The number of aromatic nitrogens is 4. The summed E-state index contributed by atoms with van der Waals surface area (Å²) in [4.78, 5) is 0. The Balaban J connectivity index is 2.00. The van der Waals surface area contributed by atoms with E-state index in [0.29, 0.717) is 0 Å². The molecule has 0 unspecified atom stereocenters. The van der Waals surface area contributed by atoms with Crippen LogP contribution in [0.4, 0.5) is 0 Å². The van der Waals surface area contributed by atoms with Crippen LogP contribution in [0.15, 0.2) is 37.4 Å². The quantitative estimate of drug-likeness (QED) is 0.578. The van der Waals surface area contributed by atoms with Crippen LogP contribution in [-0.4, -0.2) is 25.8 Å². The molecule has 0 amide bonds. The van der Waals surface area contributed by atoms with E-state index in [9.17, 15) is 0 Å². The second-order valence-electron chi connectivity index (χ2n) is 7.12. The highest BCUT2D eigenvalue weighted by Crippen LogP contribution is 2.17. The third kappa shape index (κ3) is 4.94. The van der Waals surface area contributed by atoms with Crippen LogP contribution in [-0.2, 0) is 30.5 Å². The largest absolute Gasteiger partial charge is 0.450 e. The minimum Gasteiger partial charge on any atom is -0.450 e. The first-order valence-corrected chi connectivity index (χ1v) is 13.6. The first-order valence-electron chi connectivity index (χ1n) is 7.37. The maximum absolute atomic E-state index is 6.67. The number of hydrogen-bond acceptors (Lipinski definition) is 1. The summed E-state index contributed by atoms with van der Waals surface area (Å²) in [6.45, 7) is 9.27. The highest BCUT2D eigenvalue weighted by Gasteiger charge is 2.36. The van der Waals surface area contributed by atoms with Crippen LogP contribution in [0, 0.1) is 0 Å².